The fraction of sp³-hybridized carbons (Fsp3) is 0.250. The number of fused-ring (bicyclic) bond motifs is 1. The molecule has 2 aromatic rings. The first-order chi connectivity index (χ1) is 8.33. The normalized spacial score (nSPS) is 13.6. The Labute approximate surface area is 98.8 Å². The summed E-state index contributed by atoms with van der Waals surface area (Å²) in [4.78, 5) is 4.00. The van der Waals surface area contributed by atoms with Crippen LogP contribution in [0.15, 0.2) is 30.9 Å². The van der Waals surface area contributed by atoms with Crippen molar-refractivity contribution in [2.24, 2.45) is 0 Å². The van der Waals surface area contributed by atoms with E-state index in [1.807, 2.05) is 22.9 Å². The lowest BCUT2D eigenvalue weighted by atomic mass is 10.1. The molecule has 1 aromatic heterocycles. The van der Waals surface area contributed by atoms with Crippen molar-refractivity contribution in [3.63, 3.8) is 0 Å². The van der Waals surface area contributed by atoms with Crippen LogP contribution in [0.2, 0.25) is 0 Å². The fourth-order valence-corrected chi connectivity index (χ4v) is 1.86. The second kappa shape index (κ2) is 4.01. The maximum atomic E-state index is 5.99. The summed E-state index contributed by atoms with van der Waals surface area (Å²) in [5, 5.41) is 0. The highest BCUT2D eigenvalue weighted by atomic mass is 16.6. The maximum Gasteiger partial charge on any atom is 0.163 e. The van der Waals surface area contributed by atoms with E-state index in [0.717, 1.165) is 17.1 Å². The Bertz CT molecular complexity index is 523. The number of nitrogens with zero attached hydrogens (tertiary/aromatic N) is 2. The molecule has 17 heavy (non-hydrogen) atoms. The lowest BCUT2D eigenvalue weighted by molar-refractivity contribution is 0.171. The monoisotopic (exact) mass is 231 g/mol. The quantitative estimate of drug-likeness (QED) is 0.791. The summed E-state index contributed by atoms with van der Waals surface area (Å²) in [5.74, 6) is 1.49. The fourth-order valence-electron chi connectivity index (χ4n) is 1.86. The van der Waals surface area contributed by atoms with E-state index < -0.39 is 0 Å². The molecule has 5 nitrogen and oxygen atoms in total. The van der Waals surface area contributed by atoms with Crippen LogP contribution in [0.25, 0.3) is 0 Å². The van der Waals surface area contributed by atoms with Crippen LogP contribution >= 0.6 is 0 Å². The number of rotatable bonds is 2. The minimum absolute atomic E-state index is 0.577. The smallest absolute Gasteiger partial charge is 0.163 e. The highest BCUT2D eigenvalue weighted by molar-refractivity contribution is 5.58. The predicted octanol–water partition coefficient (Wildman–Crippen LogP) is 1.28. The molecule has 0 atom stereocenters. The Morgan fingerprint density at radius 1 is 1.24 bits per heavy atom. The molecule has 3 rings (SSSR count). The number of anilines is 1. The molecule has 1 aliphatic heterocycles. The Morgan fingerprint density at radius 3 is 2.71 bits per heavy atom. The van der Waals surface area contributed by atoms with E-state index in [4.69, 9.17) is 15.2 Å². The van der Waals surface area contributed by atoms with Gasteiger partial charge >= 0.3 is 0 Å². The number of nitrogens with two attached hydrogens (primary N) is 1. The van der Waals surface area contributed by atoms with Crippen molar-refractivity contribution in [3.05, 3.63) is 36.4 Å². The zero-order valence-corrected chi connectivity index (χ0v) is 9.30. The zero-order chi connectivity index (χ0) is 11.7. The SMILES string of the molecule is Nc1cc2c(cc1Cn1ccnc1)OCCO2. The second-order valence-electron chi connectivity index (χ2n) is 3.93. The molecule has 0 radical (unpaired) electrons. The van der Waals surface area contributed by atoms with E-state index in [1.165, 1.54) is 0 Å². The third kappa shape index (κ3) is 1.91. The van der Waals surface area contributed by atoms with Gasteiger partial charge in [0.1, 0.15) is 13.2 Å². The second-order valence-corrected chi connectivity index (χ2v) is 3.93. The predicted molar refractivity (Wildman–Crippen MR) is 63.2 cm³/mol. The maximum absolute atomic E-state index is 5.99. The average molecular weight is 231 g/mol. The summed E-state index contributed by atoms with van der Waals surface area (Å²) in [6, 6.07) is 3.75. The van der Waals surface area contributed by atoms with Crippen LogP contribution in [0.5, 0.6) is 11.5 Å². The van der Waals surface area contributed by atoms with Crippen molar-refractivity contribution in [1.29, 1.82) is 0 Å². The first-order valence-corrected chi connectivity index (χ1v) is 5.46. The van der Waals surface area contributed by atoms with Gasteiger partial charge in [0.05, 0.1) is 12.9 Å². The van der Waals surface area contributed by atoms with Crippen molar-refractivity contribution in [3.8, 4) is 11.5 Å². The van der Waals surface area contributed by atoms with E-state index in [2.05, 4.69) is 4.98 Å². The molecule has 1 aromatic carbocycles. The van der Waals surface area contributed by atoms with Crippen LogP contribution in [0, 0.1) is 0 Å². The highest BCUT2D eigenvalue weighted by Gasteiger charge is 2.14. The molecule has 2 N–H and O–H groups in total. The highest BCUT2D eigenvalue weighted by Crippen LogP contribution is 2.34. The molecule has 5 heteroatoms. The molecular weight excluding hydrogens is 218 g/mol. The van der Waals surface area contributed by atoms with E-state index in [-0.39, 0.29) is 0 Å². The van der Waals surface area contributed by atoms with Gasteiger partial charge in [0.25, 0.3) is 0 Å². The minimum Gasteiger partial charge on any atom is -0.486 e. The number of hydrogen-bond acceptors (Lipinski definition) is 4. The van der Waals surface area contributed by atoms with Gasteiger partial charge in [-0.25, -0.2) is 4.98 Å². The number of ether oxygens (including phenoxy) is 2. The molecule has 0 amide bonds. The lowest BCUT2D eigenvalue weighted by Gasteiger charge is -2.20. The van der Waals surface area contributed by atoms with Gasteiger partial charge in [-0.1, -0.05) is 0 Å². The van der Waals surface area contributed by atoms with Gasteiger partial charge in [0.2, 0.25) is 0 Å². The molecule has 0 spiro atoms. The Morgan fingerprint density at radius 2 is 2.00 bits per heavy atom. The first kappa shape index (κ1) is 10.0. The standard InChI is InChI=1S/C12H13N3O2/c13-10-6-12-11(16-3-4-17-12)5-9(10)7-15-2-1-14-8-15/h1-2,5-6,8H,3-4,7,13H2. The summed E-state index contributed by atoms with van der Waals surface area (Å²) in [6.45, 7) is 1.84. The van der Waals surface area contributed by atoms with Gasteiger partial charge in [-0.3, -0.25) is 0 Å². The number of nitrogen functional groups attached to an aromatic ring is 1. The molecule has 0 saturated heterocycles. The van der Waals surface area contributed by atoms with Crippen molar-refractivity contribution < 1.29 is 9.47 Å². The van der Waals surface area contributed by atoms with Crippen LogP contribution in [-0.4, -0.2) is 22.8 Å². The topological polar surface area (TPSA) is 62.3 Å². The van der Waals surface area contributed by atoms with Gasteiger partial charge in [-0.15, -0.1) is 0 Å². The first-order valence-electron chi connectivity index (χ1n) is 5.46. The molecule has 1 aliphatic rings. The summed E-state index contributed by atoms with van der Waals surface area (Å²) >= 11 is 0. The van der Waals surface area contributed by atoms with Crippen LogP contribution in [0.1, 0.15) is 5.56 Å². The van der Waals surface area contributed by atoms with Crippen molar-refractivity contribution in [2.75, 3.05) is 18.9 Å². The van der Waals surface area contributed by atoms with Crippen LogP contribution in [-0.2, 0) is 6.54 Å². The molecule has 88 valence electrons. The van der Waals surface area contributed by atoms with E-state index >= 15 is 0 Å². The molecule has 0 fully saturated rings. The van der Waals surface area contributed by atoms with E-state index in [1.54, 1.807) is 12.5 Å². The molecule has 0 unspecified atom stereocenters. The van der Waals surface area contributed by atoms with Crippen molar-refractivity contribution in [2.45, 2.75) is 6.54 Å². The van der Waals surface area contributed by atoms with Gasteiger partial charge in [-0.2, -0.15) is 0 Å². The van der Waals surface area contributed by atoms with Crippen molar-refractivity contribution >= 4 is 5.69 Å². The zero-order valence-electron chi connectivity index (χ0n) is 9.30. The van der Waals surface area contributed by atoms with Gasteiger partial charge < -0.3 is 19.8 Å². The van der Waals surface area contributed by atoms with Gasteiger partial charge in [0.15, 0.2) is 11.5 Å². The largest absolute Gasteiger partial charge is 0.486 e. The summed E-state index contributed by atoms with van der Waals surface area (Å²) in [6.07, 6.45) is 5.40. The van der Waals surface area contributed by atoms with Gasteiger partial charge in [0, 0.05) is 24.1 Å². The third-order valence-corrected chi connectivity index (χ3v) is 2.72. The molecule has 2 heterocycles. The number of benzene rings is 1. The Kier molecular flexibility index (Phi) is 2.36. The van der Waals surface area contributed by atoms with Crippen molar-refractivity contribution in [1.82, 2.24) is 9.55 Å². The molecular formula is C12H13N3O2. The minimum atomic E-state index is 0.577. The number of imidazole rings is 1. The lowest BCUT2D eigenvalue weighted by Crippen LogP contribution is -2.16. The molecule has 0 saturated carbocycles. The third-order valence-electron chi connectivity index (χ3n) is 2.72. The van der Waals surface area contributed by atoms with Crippen LogP contribution in [0.3, 0.4) is 0 Å². The van der Waals surface area contributed by atoms with E-state index in [0.29, 0.717) is 25.4 Å². The summed E-state index contributed by atoms with van der Waals surface area (Å²) in [7, 11) is 0. The Hall–Kier alpha value is -2.17. The molecule has 0 aliphatic carbocycles. The summed E-state index contributed by atoms with van der Waals surface area (Å²) in [5.41, 5.74) is 7.71. The molecule has 0 bridgehead atoms. The van der Waals surface area contributed by atoms with E-state index in [9.17, 15) is 0 Å². The Balaban J connectivity index is 1.94. The van der Waals surface area contributed by atoms with Crippen LogP contribution < -0.4 is 15.2 Å². The average Bonchev–Trinajstić information content (AvgIpc) is 2.83. The number of aromatic nitrogens is 2. The van der Waals surface area contributed by atoms with Gasteiger partial charge in [-0.05, 0) is 11.6 Å². The van der Waals surface area contributed by atoms with Crippen LogP contribution in [0.4, 0.5) is 5.69 Å². The summed E-state index contributed by atoms with van der Waals surface area (Å²) < 4.78 is 13.0. The number of hydrogen-bond donors (Lipinski definition) is 1.